The van der Waals surface area contributed by atoms with Gasteiger partial charge in [0, 0.05) is 23.6 Å². The normalized spacial score (nSPS) is 11.7. The summed E-state index contributed by atoms with van der Waals surface area (Å²) in [7, 11) is -1.38. The number of carbonyl (C=O) groups is 2. The number of hydrogen-bond acceptors (Lipinski definition) is 10. The molecule has 5 rings (SSSR count). The van der Waals surface area contributed by atoms with E-state index >= 15 is 0 Å². The van der Waals surface area contributed by atoms with E-state index in [1.165, 1.54) is 32.7 Å². The molecule has 2 aromatic heterocycles. The van der Waals surface area contributed by atoms with Crippen LogP contribution in [0.4, 0.5) is 25.7 Å². The topological polar surface area (TPSA) is 145 Å². The fourth-order valence-corrected chi connectivity index (χ4v) is 7.56. The molecule has 0 aliphatic heterocycles. The lowest BCUT2D eigenvalue weighted by atomic mass is 10.1. The summed E-state index contributed by atoms with van der Waals surface area (Å²) in [4.78, 5) is 33.1. The molecule has 2 heterocycles. The van der Waals surface area contributed by atoms with E-state index in [1.54, 1.807) is 57.2 Å². The molecule has 50 heavy (non-hydrogen) atoms. The summed E-state index contributed by atoms with van der Waals surface area (Å²) in [5.41, 5.74) is -0.0713. The van der Waals surface area contributed by atoms with Crippen LogP contribution < -0.4 is 24.1 Å². The van der Waals surface area contributed by atoms with Gasteiger partial charge in [0.1, 0.15) is 27.3 Å². The van der Waals surface area contributed by atoms with Crippen LogP contribution in [0.15, 0.2) is 67.0 Å². The lowest BCUT2D eigenvalue weighted by molar-refractivity contribution is 0.0584. The molecule has 0 unspecified atom stereocenters. The summed E-state index contributed by atoms with van der Waals surface area (Å²) in [6.07, 6.45) is 1.89. The molecule has 0 spiro atoms. The highest BCUT2D eigenvalue weighted by molar-refractivity contribution is 7.92. The zero-order valence-electron chi connectivity index (χ0n) is 27.6. The smallest absolute Gasteiger partial charge is 0.414 e. The standard InChI is InChI=1S/C33H33ClFN6O7S2/c1-7-39(32(43)48-33(2,3)4)27-15-21(35)12-14-23(27)30(42)38-25-9-8-10-26-24(25)17-37-40(26)41(31-36-18-29(34)49-31)50(44,45)19-20-11-13-22(46-5)16-28(20)47-6/h8-18H,1,7,19H2,2-6H3,(H,38,42). The number of ether oxygens (including phenoxy) is 3. The van der Waals surface area contributed by atoms with Gasteiger partial charge >= 0.3 is 6.09 Å². The monoisotopic (exact) mass is 743 g/mol. The SMILES string of the molecule is [CH2]CN(C(=O)OC(C)(C)C)c1cc(F)ccc1C(=O)Nc1cccc2c1cnn2N(c1ncc(Cl)s1)S(=O)(=O)Cc1ccc(OC)cc1OC. The van der Waals surface area contributed by atoms with Crippen molar-refractivity contribution in [3.05, 3.63) is 95.2 Å². The number of hydrogen-bond donors (Lipinski definition) is 1. The van der Waals surface area contributed by atoms with E-state index in [1.807, 2.05) is 0 Å². The number of fused-ring (bicyclic) bond motifs is 1. The van der Waals surface area contributed by atoms with Crippen molar-refractivity contribution in [1.29, 1.82) is 0 Å². The average molecular weight is 744 g/mol. The highest BCUT2D eigenvalue weighted by Crippen LogP contribution is 2.35. The predicted octanol–water partition coefficient (Wildman–Crippen LogP) is 6.93. The summed E-state index contributed by atoms with van der Waals surface area (Å²) in [6, 6.07) is 12.9. The van der Waals surface area contributed by atoms with Gasteiger partial charge in [-0.1, -0.05) is 35.1 Å². The van der Waals surface area contributed by atoms with Crippen LogP contribution in [0.2, 0.25) is 4.34 Å². The Hall–Kier alpha value is -4.93. The van der Waals surface area contributed by atoms with E-state index in [-0.39, 0.29) is 38.5 Å². The van der Waals surface area contributed by atoms with Crippen LogP contribution >= 0.6 is 22.9 Å². The van der Waals surface area contributed by atoms with Crippen LogP contribution in [-0.2, 0) is 20.5 Å². The first-order valence-corrected chi connectivity index (χ1v) is 17.7. The third kappa shape index (κ3) is 7.77. The largest absolute Gasteiger partial charge is 0.497 e. The second-order valence-corrected chi connectivity index (χ2v) is 15.1. The summed E-state index contributed by atoms with van der Waals surface area (Å²) < 4.78 is 60.1. The molecule has 0 atom stereocenters. The zero-order chi connectivity index (χ0) is 36.4. The Morgan fingerprint density at radius 2 is 1.84 bits per heavy atom. The fraction of sp³-hybridized carbons (Fsp3) is 0.242. The van der Waals surface area contributed by atoms with Crippen molar-refractivity contribution >= 4 is 72.4 Å². The maximum Gasteiger partial charge on any atom is 0.414 e. The van der Waals surface area contributed by atoms with E-state index in [0.29, 0.717) is 22.4 Å². The summed E-state index contributed by atoms with van der Waals surface area (Å²) in [5.74, 6) is -1.11. The summed E-state index contributed by atoms with van der Waals surface area (Å²) >= 11 is 7.11. The number of methoxy groups -OCH3 is 2. The Morgan fingerprint density at radius 1 is 1.08 bits per heavy atom. The number of benzene rings is 3. The number of carbonyl (C=O) groups excluding carboxylic acids is 2. The number of amides is 2. The lowest BCUT2D eigenvalue weighted by Gasteiger charge is -2.27. The second kappa shape index (κ2) is 14.5. The molecular weight excluding hydrogens is 711 g/mol. The Kier molecular flexibility index (Phi) is 10.5. The Balaban J connectivity index is 1.54. The van der Waals surface area contributed by atoms with Gasteiger partial charge in [-0.2, -0.15) is 9.89 Å². The minimum atomic E-state index is -4.28. The Morgan fingerprint density at radius 3 is 2.48 bits per heavy atom. The number of rotatable bonds is 11. The number of sulfonamides is 1. The Labute approximate surface area is 297 Å². The van der Waals surface area contributed by atoms with Crippen molar-refractivity contribution in [3.63, 3.8) is 0 Å². The predicted molar refractivity (Wildman–Crippen MR) is 190 cm³/mol. The van der Waals surface area contributed by atoms with Crippen LogP contribution in [0.25, 0.3) is 10.9 Å². The van der Waals surface area contributed by atoms with Gasteiger partial charge in [0.15, 0.2) is 0 Å². The van der Waals surface area contributed by atoms with Gasteiger partial charge in [0.05, 0.1) is 54.8 Å². The molecule has 263 valence electrons. The van der Waals surface area contributed by atoms with Crippen molar-refractivity contribution in [2.75, 3.05) is 35.4 Å². The molecule has 17 heteroatoms. The van der Waals surface area contributed by atoms with E-state index in [9.17, 15) is 22.4 Å². The maximum atomic E-state index is 14.5. The number of nitrogens with one attached hydrogen (secondary N) is 1. The highest BCUT2D eigenvalue weighted by atomic mass is 35.5. The van der Waals surface area contributed by atoms with Crippen LogP contribution in [-0.4, -0.2) is 61.7 Å². The minimum Gasteiger partial charge on any atom is -0.497 e. The van der Waals surface area contributed by atoms with E-state index in [0.717, 1.165) is 37.6 Å². The fourth-order valence-electron chi connectivity index (χ4n) is 4.91. The molecule has 0 aliphatic rings. The van der Waals surface area contributed by atoms with Gasteiger partial charge in [0.2, 0.25) is 5.13 Å². The quantitative estimate of drug-likeness (QED) is 0.152. The lowest BCUT2D eigenvalue weighted by Crippen LogP contribution is -2.38. The molecule has 1 radical (unpaired) electrons. The number of nitrogens with zero attached hydrogens (tertiary/aromatic N) is 5. The van der Waals surface area contributed by atoms with Crippen molar-refractivity contribution < 1.29 is 36.6 Å². The van der Waals surface area contributed by atoms with Crippen molar-refractivity contribution in [2.45, 2.75) is 32.1 Å². The number of aromatic nitrogens is 3. The van der Waals surface area contributed by atoms with Gasteiger partial charge in [0.25, 0.3) is 15.9 Å². The molecule has 3 aromatic carbocycles. The van der Waals surface area contributed by atoms with Crippen LogP contribution in [0, 0.1) is 12.7 Å². The Bertz CT molecular complexity index is 2170. The molecule has 0 bridgehead atoms. The van der Waals surface area contributed by atoms with Crippen LogP contribution in [0.3, 0.4) is 0 Å². The molecular formula is C33H33ClFN6O7S2. The van der Waals surface area contributed by atoms with Crippen molar-refractivity contribution in [3.8, 4) is 11.5 Å². The molecule has 0 saturated heterocycles. The van der Waals surface area contributed by atoms with Gasteiger partial charge in [-0.3, -0.25) is 9.69 Å². The third-order valence-electron chi connectivity index (χ3n) is 7.07. The summed E-state index contributed by atoms with van der Waals surface area (Å²) in [5, 5.41) is 7.53. The zero-order valence-corrected chi connectivity index (χ0v) is 30.0. The third-order valence-corrected chi connectivity index (χ3v) is 9.81. The highest BCUT2D eigenvalue weighted by Gasteiger charge is 2.32. The molecule has 2 amide bonds. The second-order valence-electron chi connectivity index (χ2n) is 11.6. The van der Waals surface area contributed by atoms with Gasteiger partial charge in [-0.05, 0) is 64.1 Å². The summed E-state index contributed by atoms with van der Waals surface area (Å²) in [6.45, 7) is 8.64. The number of anilines is 3. The van der Waals surface area contributed by atoms with E-state index in [4.69, 9.17) is 25.8 Å². The molecule has 13 nitrogen and oxygen atoms in total. The molecule has 0 saturated carbocycles. The number of thiazole rings is 1. The van der Waals surface area contributed by atoms with E-state index in [2.05, 4.69) is 22.3 Å². The van der Waals surface area contributed by atoms with Gasteiger partial charge in [-0.15, -0.1) is 4.41 Å². The number of halogens is 2. The first-order chi connectivity index (χ1) is 23.6. The van der Waals surface area contributed by atoms with E-state index < -0.39 is 39.2 Å². The average Bonchev–Trinajstić information content (AvgIpc) is 3.67. The molecule has 5 aromatic rings. The molecule has 0 aliphatic carbocycles. The van der Waals surface area contributed by atoms with Crippen molar-refractivity contribution in [1.82, 2.24) is 14.9 Å². The van der Waals surface area contributed by atoms with Crippen LogP contribution in [0.5, 0.6) is 11.5 Å². The molecule has 0 fully saturated rings. The van der Waals surface area contributed by atoms with Crippen molar-refractivity contribution in [2.24, 2.45) is 0 Å². The van der Waals surface area contributed by atoms with Gasteiger partial charge in [-0.25, -0.2) is 22.6 Å². The minimum absolute atomic E-state index is 0.00767. The van der Waals surface area contributed by atoms with Crippen LogP contribution in [0.1, 0.15) is 36.7 Å². The first kappa shape index (κ1) is 36.4. The maximum absolute atomic E-state index is 14.5. The van der Waals surface area contributed by atoms with Gasteiger partial charge < -0.3 is 19.5 Å². The molecule has 1 N–H and O–H groups in total. The first-order valence-electron chi connectivity index (χ1n) is 14.9.